The number of nitrogens with one attached hydrogen (secondary N) is 1. The Morgan fingerprint density at radius 1 is 1.29 bits per heavy atom. The number of hydrogen-bond acceptors (Lipinski definition) is 4. The van der Waals surface area contributed by atoms with E-state index >= 15 is 0 Å². The molecule has 0 aromatic rings. The zero-order valence-electron chi connectivity index (χ0n) is 13.6. The van der Waals surface area contributed by atoms with Crippen molar-refractivity contribution in [3.63, 3.8) is 0 Å². The summed E-state index contributed by atoms with van der Waals surface area (Å²) < 4.78 is 5.59. The number of nitrogens with zero attached hydrogens (tertiary/aromatic N) is 2. The molecular formula is C16H31N3O2. The minimum absolute atomic E-state index is 0.304. The van der Waals surface area contributed by atoms with Crippen molar-refractivity contribution < 1.29 is 9.53 Å². The molecule has 5 heteroatoms. The molecule has 2 aliphatic heterocycles. The number of carbonyl (C=O) groups is 1. The Morgan fingerprint density at radius 2 is 2.05 bits per heavy atom. The maximum Gasteiger partial charge on any atom is 0.222 e. The quantitative estimate of drug-likeness (QED) is 0.760. The van der Waals surface area contributed by atoms with E-state index in [0.29, 0.717) is 17.9 Å². The Morgan fingerprint density at radius 3 is 2.67 bits per heavy atom. The van der Waals surface area contributed by atoms with Gasteiger partial charge in [-0.3, -0.25) is 9.69 Å². The zero-order chi connectivity index (χ0) is 15.1. The summed E-state index contributed by atoms with van der Waals surface area (Å²) in [4.78, 5) is 16.7. The van der Waals surface area contributed by atoms with E-state index in [1.165, 1.54) is 6.42 Å². The molecule has 2 saturated heterocycles. The first-order valence-electron chi connectivity index (χ1n) is 8.47. The molecule has 2 rings (SSSR count). The van der Waals surface area contributed by atoms with Gasteiger partial charge in [-0.25, -0.2) is 0 Å². The third-order valence-corrected chi connectivity index (χ3v) is 4.51. The second kappa shape index (κ2) is 8.71. The minimum Gasteiger partial charge on any atom is -0.377 e. The third kappa shape index (κ3) is 5.93. The molecule has 0 spiro atoms. The van der Waals surface area contributed by atoms with Gasteiger partial charge in [-0.05, 0) is 45.7 Å². The van der Waals surface area contributed by atoms with E-state index in [1.54, 1.807) is 0 Å². The molecule has 0 saturated carbocycles. The van der Waals surface area contributed by atoms with Crippen LogP contribution in [0.25, 0.3) is 0 Å². The fourth-order valence-electron chi connectivity index (χ4n) is 3.08. The first-order chi connectivity index (χ1) is 10.1. The van der Waals surface area contributed by atoms with Gasteiger partial charge in [0.05, 0.1) is 12.7 Å². The smallest absolute Gasteiger partial charge is 0.222 e. The fourth-order valence-corrected chi connectivity index (χ4v) is 3.08. The largest absolute Gasteiger partial charge is 0.377 e. The Kier molecular flexibility index (Phi) is 6.93. The molecule has 1 N–H and O–H groups in total. The van der Waals surface area contributed by atoms with Crippen LogP contribution in [0.1, 0.15) is 33.1 Å². The van der Waals surface area contributed by atoms with E-state index in [1.807, 2.05) is 4.90 Å². The van der Waals surface area contributed by atoms with Gasteiger partial charge in [-0.15, -0.1) is 0 Å². The number of piperazine rings is 1. The monoisotopic (exact) mass is 297 g/mol. The number of ether oxygens (including phenoxy) is 1. The molecule has 1 unspecified atom stereocenters. The standard InChI is InChI=1S/C16H31N3O2/c1-14(2)21-12-11-18-7-9-19(10-8-18)16(20)4-3-15-5-6-17-13-15/h14-15,17H,3-13H2,1-2H3. The van der Waals surface area contributed by atoms with Crippen LogP contribution in [0.3, 0.4) is 0 Å². The average molecular weight is 297 g/mol. The van der Waals surface area contributed by atoms with E-state index < -0.39 is 0 Å². The summed E-state index contributed by atoms with van der Waals surface area (Å²) >= 11 is 0. The van der Waals surface area contributed by atoms with Gasteiger partial charge in [0.25, 0.3) is 0 Å². The van der Waals surface area contributed by atoms with Gasteiger partial charge in [0.1, 0.15) is 0 Å². The lowest BCUT2D eigenvalue weighted by molar-refractivity contribution is -0.133. The van der Waals surface area contributed by atoms with Gasteiger partial charge in [-0.2, -0.15) is 0 Å². The molecule has 0 bridgehead atoms. The van der Waals surface area contributed by atoms with Gasteiger partial charge in [-0.1, -0.05) is 0 Å². The minimum atomic E-state index is 0.304. The predicted molar refractivity (Wildman–Crippen MR) is 84.3 cm³/mol. The molecule has 122 valence electrons. The first-order valence-corrected chi connectivity index (χ1v) is 8.47. The zero-order valence-corrected chi connectivity index (χ0v) is 13.6. The molecule has 21 heavy (non-hydrogen) atoms. The van der Waals surface area contributed by atoms with E-state index in [9.17, 15) is 4.79 Å². The van der Waals surface area contributed by atoms with Gasteiger partial charge >= 0.3 is 0 Å². The molecule has 0 radical (unpaired) electrons. The van der Waals surface area contributed by atoms with Crippen molar-refractivity contribution in [3.8, 4) is 0 Å². The SMILES string of the molecule is CC(C)OCCN1CCN(C(=O)CCC2CCNC2)CC1. The molecular weight excluding hydrogens is 266 g/mol. The van der Waals surface area contributed by atoms with Crippen molar-refractivity contribution in [1.29, 1.82) is 0 Å². The normalized spacial score (nSPS) is 24.0. The van der Waals surface area contributed by atoms with E-state index in [2.05, 4.69) is 24.1 Å². The molecule has 0 aromatic heterocycles. The highest BCUT2D eigenvalue weighted by Gasteiger charge is 2.22. The average Bonchev–Trinajstić information content (AvgIpc) is 2.98. The van der Waals surface area contributed by atoms with Crippen LogP contribution in [-0.4, -0.2) is 74.2 Å². The highest BCUT2D eigenvalue weighted by atomic mass is 16.5. The van der Waals surface area contributed by atoms with Gasteiger partial charge < -0.3 is 15.0 Å². The van der Waals surface area contributed by atoms with Crippen LogP contribution >= 0.6 is 0 Å². The van der Waals surface area contributed by atoms with Crippen LogP contribution in [0, 0.1) is 5.92 Å². The van der Waals surface area contributed by atoms with Crippen LogP contribution < -0.4 is 5.32 Å². The number of rotatable bonds is 7. The maximum atomic E-state index is 12.2. The summed E-state index contributed by atoms with van der Waals surface area (Å²) in [6.07, 6.45) is 3.31. The molecule has 1 atom stereocenters. The van der Waals surface area contributed by atoms with Crippen LogP contribution in [-0.2, 0) is 9.53 Å². The van der Waals surface area contributed by atoms with Crippen molar-refractivity contribution in [1.82, 2.24) is 15.1 Å². The summed E-state index contributed by atoms with van der Waals surface area (Å²) in [6, 6.07) is 0. The molecule has 1 amide bonds. The fraction of sp³-hybridized carbons (Fsp3) is 0.938. The number of amides is 1. The summed E-state index contributed by atoms with van der Waals surface area (Å²) in [5, 5.41) is 3.37. The Bertz CT molecular complexity index is 309. The first kappa shape index (κ1) is 16.7. The van der Waals surface area contributed by atoms with E-state index in [4.69, 9.17) is 4.74 Å². The molecule has 2 heterocycles. The van der Waals surface area contributed by atoms with Crippen LogP contribution in [0.15, 0.2) is 0 Å². The van der Waals surface area contributed by atoms with Gasteiger partial charge in [0, 0.05) is 39.1 Å². The molecule has 2 aliphatic rings. The lowest BCUT2D eigenvalue weighted by Crippen LogP contribution is -2.49. The summed E-state index contributed by atoms with van der Waals surface area (Å²) in [6.45, 7) is 11.8. The maximum absolute atomic E-state index is 12.2. The molecule has 5 nitrogen and oxygen atoms in total. The number of hydrogen-bond donors (Lipinski definition) is 1. The van der Waals surface area contributed by atoms with Crippen LogP contribution in [0.4, 0.5) is 0 Å². The van der Waals surface area contributed by atoms with Gasteiger partial charge in [0.2, 0.25) is 5.91 Å². The van der Waals surface area contributed by atoms with Crippen molar-refractivity contribution in [2.75, 3.05) is 52.4 Å². The van der Waals surface area contributed by atoms with Crippen molar-refractivity contribution in [2.45, 2.75) is 39.2 Å². The number of carbonyl (C=O) groups excluding carboxylic acids is 1. The topological polar surface area (TPSA) is 44.8 Å². The van der Waals surface area contributed by atoms with Crippen molar-refractivity contribution in [2.24, 2.45) is 5.92 Å². The van der Waals surface area contributed by atoms with Gasteiger partial charge in [0.15, 0.2) is 0 Å². The summed E-state index contributed by atoms with van der Waals surface area (Å²) in [5.41, 5.74) is 0. The molecule has 2 fully saturated rings. The van der Waals surface area contributed by atoms with Crippen molar-refractivity contribution >= 4 is 5.91 Å². The summed E-state index contributed by atoms with van der Waals surface area (Å²) in [5.74, 6) is 1.06. The highest BCUT2D eigenvalue weighted by molar-refractivity contribution is 5.76. The third-order valence-electron chi connectivity index (χ3n) is 4.51. The summed E-state index contributed by atoms with van der Waals surface area (Å²) in [7, 11) is 0. The van der Waals surface area contributed by atoms with Crippen LogP contribution in [0.2, 0.25) is 0 Å². The Hall–Kier alpha value is -0.650. The Balaban J connectivity index is 1.58. The Labute approximate surface area is 129 Å². The van der Waals surface area contributed by atoms with Crippen molar-refractivity contribution in [3.05, 3.63) is 0 Å². The highest BCUT2D eigenvalue weighted by Crippen LogP contribution is 2.15. The van der Waals surface area contributed by atoms with Crippen LogP contribution in [0.5, 0.6) is 0 Å². The lowest BCUT2D eigenvalue weighted by Gasteiger charge is -2.35. The predicted octanol–water partition coefficient (Wildman–Crippen LogP) is 0.945. The van der Waals surface area contributed by atoms with E-state index in [0.717, 1.165) is 65.3 Å². The lowest BCUT2D eigenvalue weighted by atomic mass is 10.0. The second-order valence-electron chi connectivity index (χ2n) is 6.54. The van der Waals surface area contributed by atoms with E-state index in [-0.39, 0.29) is 0 Å². The molecule has 0 aromatic carbocycles. The molecule has 0 aliphatic carbocycles. The second-order valence-corrected chi connectivity index (χ2v) is 6.54.